The van der Waals surface area contributed by atoms with Crippen LogP contribution in [0.4, 0.5) is 16.3 Å². The number of hydrogen-bond acceptors (Lipinski definition) is 4. The van der Waals surface area contributed by atoms with Crippen molar-refractivity contribution in [1.29, 1.82) is 5.26 Å². The van der Waals surface area contributed by atoms with Crippen molar-refractivity contribution in [3.63, 3.8) is 0 Å². The second-order valence-electron chi connectivity index (χ2n) is 8.18. The molecule has 0 saturated heterocycles. The summed E-state index contributed by atoms with van der Waals surface area (Å²) in [7, 11) is 0. The van der Waals surface area contributed by atoms with Gasteiger partial charge in [-0.15, -0.1) is 0 Å². The van der Waals surface area contributed by atoms with Crippen LogP contribution < -0.4 is 15.5 Å². The van der Waals surface area contributed by atoms with Crippen LogP contribution in [0.1, 0.15) is 36.8 Å². The van der Waals surface area contributed by atoms with Gasteiger partial charge in [0.05, 0.1) is 5.56 Å². The minimum atomic E-state index is -0.0775. The number of urea groups is 1. The van der Waals surface area contributed by atoms with Crippen LogP contribution in [0, 0.1) is 11.3 Å². The van der Waals surface area contributed by atoms with Crippen LogP contribution in [0.25, 0.3) is 0 Å². The Morgan fingerprint density at radius 3 is 2.39 bits per heavy atom. The summed E-state index contributed by atoms with van der Waals surface area (Å²) in [6.07, 6.45) is 5.24. The zero-order chi connectivity index (χ0) is 23.0. The number of nitrogens with one attached hydrogen (secondary N) is 2. The van der Waals surface area contributed by atoms with Gasteiger partial charge >= 0.3 is 6.03 Å². The molecule has 4 rings (SSSR count). The first-order valence-electron chi connectivity index (χ1n) is 11.1. The molecule has 0 radical (unpaired) electrons. The van der Waals surface area contributed by atoms with Crippen molar-refractivity contribution in [3.05, 3.63) is 88.5 Å². The molecule has 0 unspecified atom stereocenters. The quantitative estimate of drug-likeness (QED) is 0.441. The Morgan fingerprint density at radius 1 is 1.03 bits per heavy atom. The molecular weight excluding hydrogens is 478 g/mol. The molecule has 0 spiro atoms. The number of hydrogen-bond donors (Lipinski definition) is 2. The van der Waals surface area contributed by atoms with Gasteiger partial charge in [-0.05, 0) is 67.6 Å². The number of carbonyl (C=O) groups is 1. The molecule has 168 valence electrons. The first-order valence-corrected chi connectivity index (χ1v) is 11.9. The van der Waals surface area contributed by atoms with Gasteiger partial charge in [0.2, 0.25) is 0 Å². The highest BCUT2D eigenvalue weighted by Crippen LogP contribution is 2.30. The number of aromatic nitrogens is 1. The van der Waals surface area contributed by atoms with Gasteiger partial charge in [0.1, 0.15) is 11.9 Å². The van der Waals surface area contributed by atoms with Crippen molar-refractivity contribution in [1.82, 2.24) is 10.3 Å². The minimum absolute atomic E-state index is 0.0775. The van der Waals surface area contributed by atoms with Gasteiger partial charge in [-0.3, -0.25) is 4.90 Å². The zero-order valence-electron chi connectivity index (χ0n) is 18.2. The number of halogens is 1. The second-order valence-corrected chi connectivity index (χ2v) is 9.10. The zero-order valence-corrected chi connectivity index (χ0v) is 19.8. The average Bonchev–Trinajstić information content (AvgIpc) is 2.86. The SMILES string of the molecule is N#Cc1ccc(NC2CCC(N(C(=O)NCc3ccccc3)c3ccc(Br)cc3)CC2)nc1. The summed E-state index contributed by atoms with van der Waals surface area (Å²) in [4.78, 5) is 19.5. The second kappa shape index (κ2) is 11.0. The van der Waals surface area contributed by atoms with Gasteiger partial charge in [0, 0.05) is 35.0 Å². The lowest BCUT2D eigenvalue weighted by Crippen LogP contribution is -2.48. The fourth-order valence-corrected chi connectivity index (χ4v) is 4.45. The van der Waals surface area contributed by atoms with Crippen LogP contribution in [0.15, 0.2) is 77.4 Å². The summed E-state index contributed by atoms with van der Waals surface area (Å²) in [6, 6.07) is 23.9. The molecule has 1 fully saturated rings. The molecule has 1 aromatic heterocycles. The molecular formula is C26H26BrN5O. The fraction of sp³-hybridized carbons (Fsp3) is 0.269. The number of pyridine rings is 1. The summed E-state index contributed by atoms with van der Waals surface area (Å²) in [6.45, 7) is 0.494. The monoisotopic (exact) mass is 503 g/mol. The summed E-state index contributed by atoms with van der Waals surface area (Å²) in [5.74, 6) is 0.780. The van der Waals surface area contributed by atoms with Crippen LogP contribution in [-0.4, -0.2) is 23.1 Å². The third-order valence-corrected chi connectivity index (χ3v) is 6.45. The Balaban J connectivity index is 1.41. The van der Waals surface area contributed by atoms with E-state index in [0.29, 0.717) is 18.2 Å². The highest BCUT2D eigenvalue weighted by molar-refractivity contribution is 9.10. The third-order valence-electron chi connectivity index (χ3n) is 5.92. The molecule has 0 atom stereocenters. The van der Waals surface area contributed by atoms with Gasteiger partial charge in [-0.1, -0.05) is 46.3 Å². The van der Waals surface area contributed by atoms with E-state index in [1.54, 1.807) is 12.3 Å². The molecule has 0 aliphatic heterocycles. The molecule has 1 aliphatic carbocycles. The topological polar surface area (TPSA) is 81.0 Å². The molecule has 2 N–H and O–H groups in total. The Morgan fingerprint density at radius 2 is 1.76 bits per heavy atom. The van der Waals surface area contributed by atoms with Gasteiger partial charge in [0.25, 0.3) is 0 Å². The first kappa shape index (κ1) is 22.8. The van der Waals surface area contributed by atoms with E-state index in [1.807, 2.05) is 65.6 Å². The van der Waals surface area contributed by atoms with Crippen molar-refractivity contribution in [2.45, 2.75) is 44.3 Å². The van der Waals surface area contributed by atoms with Crippen molar-refractivity contribution in [2.75, 3.05) is 10.2 Å². The number of nitrogens with zero attached hydrogens (tertiary/aromatic N) is 3. The average molecular weight is 504 g/mol. The predicted molar refractivity (Wildman–Crippen MR) is 134 cm³/mol. The summed E-state index contributed by atoms with van der Waals surface area (Å²) < 4.78 is 0.985. The van der Waals surface area contributed by atoms with E-state index in [1.165, 1.54) is 0 Å². The summed E-state index contributed by atoms with van der Waals surface area (Å²) >= 11 is 3.49. The van der Waals surface area contributed by atoms with E-state index >= 15 is 0 Å². The van der Waals surface area contributed by atoms with Gasteiger partial charge in [0.15, 0.2) is 0 Å². The van der Waals surface area contributed by atoms with E-state index in [4.69, 9.17) is 5.26 Å². The number of carbonyl (C=O) groups excluding carboxylic acids is 1. The summed E-state index contributed by atoms with van der Waals surface area (Å²) in [5, 5.41) is 15.5. The Labute approximate surface area is 202 Å². The van der Waals surface area contributed by atoms with Gasteiger partial charge in [-0.25, -0.2) is 9.78 Å². The van der Waals surface area contributed by atoms with Gasteiger partial charge in [-0.2, -0.15) is 5.26 Å². The van der Waals surface area contributed by atoms with E-state index in [-0.39, 0.29) is 12.1 Å². The molecule has 7 heteroatoms. The molecule has 1 saturated carbocycles. The third kappa shape index (κ3) is 6.11. The lowest BCUT2D eigenvalue weighted by atomic mass is 9.90. The standard InChI is InChI=1S/C26H26BrN5O/c27-21-7-11-23(12-8-21)32(26(33)30-17-19-4-2-1-3-5-19)24-13-9-22(10-14-24)31-25-15-6-20(16-28)18-29-25/h1-8,11-12,15,18,22,24H,9-10,13-14,17H2,(H,29,31)(H,30,33). The van der Waals surface area contributed by atoms with Crippen molar-refractivity contribution < 1.29 is 4.79 Å². The molecule has 3 aromatic rings. The molecule has 33 heavy (non-hydrogen) atoms. The lowest BCUT2D eigenvalue weighted by molar-refractivity contribution is 0.240. The Hall–Kier alpha value is -3.37. The lowest BCUT2D eigenvalue weighted by Gasteiger charge is -2.37. The van der Waals surface area contributed by atoms with Crippen molar-refractivity contribution in [3.8, 4) is 6.07 Å². The van der Waals surface area contributed by atoms with E-state index in [9.17, 15) is 4.79 Å². The number of benzene rings is 2. The number of nitriles is 1. The van der Waals surface area contributed by atoms with E-state index in [2.05, 4.69) is 37.6 Å². The molecule has 6 nitrogen and oxygen atoms in total. The van der Waals surface area contributed by atoms with Gasteiger partial charge < -0.3 is 10.6 Å². The Kier molecular flexibility index (Phi) is 7.59. The first-order chi connectivity index (χ1) is 16.1. The van der Waals surface area contributed by atoms with Crippen LogP contribution >= 0.6 is 15.9 Å². The largest absolute Gasteiger partial charge is 0.367 e. The van der Waals surface area contributed by atoms with Crippen LogP contribution in [0.2, 0.25) is 0 Å². The number of rotatable bonds is 6. The smallest absolute Gasteiger partial charge is 0.322 e. The molecule has 1 heterocycles. The highest BCUT2D eigenvalue weighted by atomic mass is 79.9. The van der Waals surface area contributed by atoms with Crippen LogP contribution in [0.5, 0.6) is 0 Å². The summed E-state index contributed by atoms with van der Waals surface area (Å²) in [5.41, 5.74) is 2.52. The fourth-order valence-electron chi connectivity index (χ4n) is 4.19. The van der Waals surface area contributed by atoms with E-state index < -0.39 is 0 Å². The maximum Gasteiger partial charge on any atom is 0.322 e. The normalized spacial score (nSPS) is 17.6. The number of anilines is 2. The Bertz CT molecular complexity index is 1090. The molecule has 0 bridgehead atoms. The number of amides is 2. The van der Waals surface area contributed by atoms with E-state index in [0.717, 1.165) is 47.2 Å². The maximum atomic E-state index is 13.3. The van der Waals surface area contributed by atoms with Crippen LogP contribution in [-0.2, 0) is 6.54 Å². The molecule has 1 aliphatic rings. The molecule has 2 amide bonds. The van der Waals surface area contributed by atoms with Crippen molar-refractivity contribution in [2.24, 2.45) is 0 Å². The highest BCUT2D eigenvalue weighted by Gasteiger charge is 2.30. The molecule has 2 aromatic carbocycles. The maximum absolute atomic E-state index is 13.3. The predicted octanol–water partition coefficient (Wildman–Crippen LogP) is 5.86. The minimum Gasteiger partial charge on any atom is -0.367 e. The van der Waals surface area contributed by atoms with Crippen LogP contribution in [0.3, 0.4) is 0 Å². The van der Waals surface area contributed by atoms with Crippen molar-refractivity contribution >= 4 is 33.5 Å².